The number of aliphatic hydroxyl groups is 3. The molecule has 4 atom stereocenters. The van der Waals surface area contributed by atoms with Crippen LogP contribution in [0.4, 0.5) is 5.95 Å². The van der Waals surface area contributed by atoms with Crippen LogP contribution in [0.1, 0.15) is 6.23 Å². The summed E-state index contributed by atoms with van der Waals surface area (Å²) in [6.07, 6.45) is -4.67. The van der Waals surface area contributed by atoms with Gasteiger partial charge in [0.15, 0.2) is 11.9 Å². The minimum absolute atomic E-state index is 0.0953. The fourth-order valence-electron chi connectivity index (χ4n) is 2.28. The van der Waals surface area contributed by atoms with Gasteiger partial charge in [0.1, 0.15) is 28.3 Å². The minimum Gasteiger partial charge on any atom is -0.394 e. The number of aliphatic hydroxyl groups excluding tert-OH is 3. The minimum atomic E-state index is -1.33. The number of aromatic nitrogens is 4. The molecule has 21 heavy (non-hydrogen) atoms. The summed E-state index contributed by atoms with van der Waals surface area (Å²) in [6.45, 7) is -0.467. The molecule has 0 radical (unpaired) electrons. The number of nitrogens with one attached hydrogen (secondary N) is 1. The van der Waals surface area contributed by atoms with Crippen LogP contribution in [0.15, 0.2) is 9.40 Å². The molecule has 1 saturated heterocycles. The molecule has 0 aliphatic carbocycles. The normalized spacial score (nSPS) is 29.3. The molecular formula is C10H12BrN5O5. The van der Waals surface area contributed by atoms with Gasteiger partial charge in [-0.05, 0) is 15.9 Å². The first-order valence-corrected chi connectivity index (χ1v) is 6.79. The number of ether oxygens (including phenoxy) is 1. The van der Waals surface area contributed by atoms with E-state index >= 15 is 0 Å². The van der Waals surface area contributed by atoms with Crippen LogP contribution in [0.3, 0.4) is 0 Å². The molecule has 0 amide bonds. The third-order valence-electron chi connectivity index (χ3n) is 3.30. The first kappa shape index (κ1) is 14.4. The second-order valence-electron chi connectivity index (χ2n) is 4.61. The van der Waals surface area contributed by atoms with Crippen LogP contribution in [0.5, 0.6) is 0 Å². The Morgan fingerprint density at radius 2 is 2.14 bits per heavy atom. The molecule has 1 fully saturated rings. The highest BCUT2D eigenvalue weighted by molar-refractivity contribution is 9.10. The monoisotopic (exact) mass is 361 g/mol. The molecule has 114 valence electrons. The molecule has 1 aliphatic heterocycles. The van der Waals surface area contributed by atoms with Gasteiger partial charge in [0, 0.05) is 0 Å². The number of nitrogens with two attached hydrogens (primary N) is 1. The van der Waals surface area contributed by atoms with Crippen LogP contribution >= 0.6 is 15.9 Å². The van der Waals surface area contributed by atoms with E-state index in [2.05, 4.69) is 31.0 Å². The summed E-state index contributed by atoms with van der Waals surface area (Å²) < 4.78 is 6.70. The van der Waals surface area contributed by atoms with Crippen molar-refractivity contribution in [3.63, 3.8) is 0 Å². The molecule has 11 heteroatoms. The third-order valence-corrected chi connectivity index (χ3v) is 3.85. The van der Waals surface area contributed by atoms with Crippen LogP contribution < -0.4 is 11.3 Å². The number of anilines is 1. The zero-order valence-corrected chi connectivity index (χ0v) is 12.1. The first-order valence-electron chi connectivity index (χ1n) is 6.00. The lowest BCUT2D eigenvalue weighted by molar-refractivity contribution is -0.0567. The molecule has 0 spiro atoms. The van der Waals surface area contributed by atoms with E-state index in [-0.39, 0.29) is 21.6 Å². The molecule has 0 bridgehead atoms. The average Bonchev–Trinajstić information content (AvgIpc) is 2.89. The second-order valence-corrected chi connectivity index (χ2v) is 5.37. The summed E-state index contributed by atoms with van der Waals surface area (Å²) in [4.78, 5) is 18.2. The van der Waals surface area contributed by atoms with Gasteiger partial charge in [0.2, 0.25) is 5.95 Å². The van der Waals surface area contributed by atoms with E-state index in [9.17, 15) is 15.0 Å². The van der Waals surface area contributed by atoms with Crippen molar-refractivity contribution in [2.45, 2.75) is 24.5 Å². The van der Waals surface area contributed by atoms with Crippen molar-refractivity contribution in [3.8, 4) is 0 Å². The molecule has 0 saturated carbocycles. The molecule has 3 rings (SSSR count). The topological polar surface area (TPSA) is 160 Å². The highest BCUT2D eigenvalue weighted by Crippen LogP contribution is 2.32. The van der Waals surface area contributed by atoms with Crippen LogP contribution in [0.25, 0.3) is 11.0 Å². The van der Waals surface area contributed by atoms with Gasteiger partial charge in [-0.2, -0.15) is 10.1 Å². The Morgan fingerprint density at radius 3 is 2.76 bits per heavy atom. The van der Waals surface area contributed by atoms with E-state index < -0.39 is 36.7 Å². The van der Waals surface area contributed by atoms with Crippen molar-refractivity contribution in [3.05, 3.63) is 15.0 Å². The van der Waals surface area contributed by atoms with Crippen molar-refractivity contribution in [1.29, 1.82) is 0 Å². The molecular weight excluding hydrogens is 350 g/mol. The molecule has 0 aromatic carbocycles. The Kier molecular flexibility index (Phi) is 3.45. The number of rotatable bonds is 2. The molecule has 2 aromatic heterocycles. The highest BCUT2D eigenvalue weighted by Gasteiger charge is 2.44. The SMILES string of the molecule is Nc1nc2c(c(Br)nn2[C@@H]2O[C@H](CO)[C@@H](O)[C@H]2O)c(=O)[nH]1. The van der Waals surface area contributed by atoms with Gasteiger partial charge >= 0.3 is 0 Å². The molecule has 0 unspecified atom stereocenters. The van der Waals surface area contributed by atoms with Crippen molar-refractivity contribution >= 4 is 32.9 Å². The molecule has 3 heterocycles. The van der Waals surface area contributed by atoms with E-state index in [0.29, 0.717) is 0 Å². The van der Waals surface area contributed by atoms with Crippen LogP contribution in [0.2, 0.25) is 0 Å². The maximum Gasteiger partial charge on any atom is 0.264 e. The Hall–Kier alpha value is -1.53. The van der Waals surface area contributed by atoms with Crippen molar-refractivity contribution in [1.82, 2.24) is 19.7 Å². The van der Waals surface area contributed by atoms with E-state index in [1.54, 1.807) is 0 Å². The molecule has 6 N–H and O–H groups in total. The van der Waals surface area contributed by atoms with Gasteiger partial charge in [-0.3, -0.25) is 9.78 Å². The summed E-state index contributed by atoms with van der Waals surface area (Å²) in [6, 6.07) is 0. The van der Waals surface area contributed by atoms with Crippen molar-refractivity contribution in [2.75, 3.05) is 12.3 Å². The lowest BCUT2D eigenvalue weighted by atomic mass is 10.1. The Morgan fingerprint density at radius 1 is 1.43 bits per heavy atom. The summed E-state index contributed by atoms with van der Waals surface area (Å²) in [7, 11) is 0. The van der Waals surface area contributed by atoms with Crippen molar-refractivity contribution in [2.24, 2.45) is 0 Å². The predicted octanol–water partition coefficient (Wildman–Crippen LogP) is -1.92. The third kappa shape index (κ3) is 2.13. The van der Waals surface area contributed by atoms with Gasteiger partial charge < -0.3 is 25.8 Å². The van der Waals surface area contributed by atoms with E-state index in [1.807, 2.05) is 0 Å². The highest BCUT2D eigenvalue weighted by atomic mass is 79.9. The quantitative estimate of drug-likeness (QED) is 0.413. The van der Waals surface area contributed by atoms with Crippen molar-refractivity contribution < 1.29 is 20.1 Å². The van der Waals surface area contributed by atoms with E-state index in [4.69, 9.17) is 15.6 Å². The zero-order chi connectivity index (χ0) is 15.3. The van der Waals surface area contributed by atoms with E-state index in [0.717, 1.165) is 4.68 Å². The maximum atomic E-state index is 11.9. The van der Waals surface area contributed by atoms with Gasteiger partial charge in [0.05, 0.1) is 6.61 Å². The zero-order valence-electron chi connectivity index (χ0n) is 10.5. The number of fused-ring (bicyclic) bond motifs is 1. The lowest BCUT2D eigenvalue weighted by Gasteiger charge is -2.15. The fraction of sp³-hybridized carbons (Fsp3) is 0.500. The Labute approximate surface area is 125 Å². The summed E-state index contributed by atoms with van der Waals surface area (Å²) in [5.74, 6) is -0.118. The molecule has 2 aromatic rings. The number of nitrogens with zero attached hydrogens (tertiary/aromatic N) is 3. The second kappa shape index (κ2) is 5.03. The summed E-state index contributed by atoms with van der Waals surface area (Å²) >= 11 is 3.13. The van der Waals surface area contributed by atoms with Crippen LogP contribution in [-0.4, -0.2) is 60.0 Å². The maximum absolute atomic E-state index is 11.9. The smallest absolute Gasteiger partial charge is 0.264 e. The number of nitrogen functional groups attached to an aromatic ring is 1. The molecule has 10 nitrogen and oxygen atoms in total. The number of hydrogen-bond donors (Lipinski definition) is 5. The number of halogens is 1. The van der Waals surface area contributed by atoms with E-state index in [1.165, 1.54) is 0 Å². The molecule has 1 aliphatic rings. The average molecular weight is 362 g/mol. The predicted molar refractivity (Wildman–Crippen MR) is 73.3 cm³/mol. The first-order chi connectivity index (χ1) is 9.93. The fourth-order valence-corrected chi connectivity index (χ4v) is 2.81. The summed E-state index contributed by atoms with van der Waals surface area (Å²) in [5, 5.41) is 33.1. The Balaban J connectivity index is 2.16. The van der Waals surface area contributed by atoms with Crippen LogP contribution in [0, 0.1) is 0 Å². The number of H-pyrrole nitrogens is 1. The summed E-state index contributed by atoms with van der Waals surface area (Å²) in [5.41, 5.74) is 5.10. The van der Waals surface area contributed by atoms with Gasteiger partial charge in [-0.1, -0.05) is 0 Å². The standard InChI is InChI=1S/C10H12BrN5O5/c11-6-3-7(13-10(12)14-8(3)20)16(15-6)9-5(19)4(18)2(1-17)21-9/h2,4-5,9,17-19H,1H2,(H3,12,13,14,20)/t2-,4-,5-,9-/m1/s1. The number of aromatic amines is 1. The Bertz CT molecular complexity index is 745. The largest absolute Gasteiger partial charge is 0.394 e. The van der Waals surface area contributed by atoms with Crippen LogP contribution in [-0.2, 0) is 4.74 Å². The number of hydrogen-bond acceptors (Lipinski definition) is 8. The van der Waals surface area contributed by atoms with Gasteiger partial charge in [0.25, 0.3) is 5.56 Å². The van der Waals surface area contributed by atoms with Gasteiger partial charge in [-0.25, -0.2) is 4.68 Å². The lowest BCUT2D eigenvalue weighted by Crippen LogP contribution is -2.33. The van der Waals surface area contributed by atoms with Gasteiger partial charge in [-0.15, -0.1) is 0 Å².